The predicted molar refractivity (Wildman–Crippen MR) is 122 cm³/mol. The van der Waals surface area contributed by atoms with Gasteiger partial charge in [-0.15, -0.1) is 0 Å². The maximum Gasteiger partial charge on any atom is 0.475 e. The van der Waals surface area contributed by atoms with Crippen molar-refractivity contribution in [3.05, 3.63) is 11.6 Å². The molecule has 2 fully saturated rings. The van der Waals surface area contributed by atoms with Crippen LogP contribution in [-0.4, -0.2) is 43.6 Å². The molecular weight excluding hydrogens is 431 g/mol. The molecule has 1 saturated heterocycles. The summed E-state index contributed by atoms with van der Waals surface area (Å²) in [5.41, 5.74) is 0.143. The smallest absolute Gasteiger partial charge is 0.344 e. The van der Waals surface area contributed by atoms with Gasteiger partial charge >= 0.3 is 7.82 Å². The molecular formula is C24H41O7P. The summed E-state index contributed by atoms with van der Waals surface area (Å²) in [6.45, 7) is 12.5. The zero-order valence-corrected chi connectivity index (χ0v) is 21.5. The molecule has 1 saturated carbocycles. The number of rotatable bonds is 9. The van der Waals surface area contributed by atoms with Crippen LogP contribution in [0.5, 0.6) is 0 Å². The van der Waals surface area contributed by atoms with Gasteiger partial charge in [-0.25, -0.2) is 4.57 Å². The topological polar surface area (TPSA) is 80.3 Å². The lowest BCUT2D eigenvalue weighted by Gasteiger charge is -2.50. The Morgan fingerprint density at radius 1 is 1.09 bits per heavy atom. The molecule has 4 atom stereocenters. The summed E-state index contributed by atoms with van der Waals surface area (Å²) in [6.07, 6.45) is 8.74. The Hall–Kier alpha value is -0.560. The van der Waals surface area contributed by atoms with E-state index in [1.165, 1.54) is 0 Å². The lowest BCUT2D eigenvalue weighted by Crippen LogP contribution is -2.57. The maximum absolute atomic E-state index is 12.7. The highest BCUT2D eigenvalue weighted by Crippen LogP contribution is 2.58. The molecule has 1 heterocycles. The minimum absolute atomic E-state index is 0.0101. The van der Waals surface area contributed by atoms with E-state index in [9.17, 15) is 9.36 Å². The third kappa shape index (κ3) is 5.24. The Kier molecular flexibility index (Phi) is 8.12. The number of hydrogen-bond acceptors (Lipinski definition) is 7. The first kappa shape index (κ1) is 26.1. The van der Waals surface area contributed by atoms with Gasteiger partial charge < -0.3 is 14.3 Å². The molecule has 0 bridgehead atoms. The van der Waals surface area contributed by atoms with Gasteiger partial charge in [-0.3, -0.25) is 13.6 Å². The largest absolute Gasteiger partial charge is 0.475 e. The molecule has 0 aromatic heterocycles. The normalized spacial score (nSPS) is 34.4. The van der Waals surface area contributed by atoms with Crippen LogP contribution in [0.2, 0.25) is 0 Å². The first-order chi connectivity index (χ1) is 15.0. The van der Waals surface area contributed by atoms with E-state index in [1.54, 1.807) is 13.8 Å². The second-order valence-electron chi connectivity index (χ2n) is 10.3. The summed E-state index contributed by atoms with van der Waals surface area (Å²) in [7, 11) is -3.56. The fourth-order valence-electron chi connectivity index (χ4n) is 5.86. The van der Waals surface area contributed by atoms with Crippen molar-refractivity contribution in [1.29, 1.82) is 0 Å². The zero-order chi connectivity index (χ0) is 23.6. The third-order valence-corrected chi connectivity index (χ3v) is 8.79. The van der Waals surface area contributed by atoms with Gasteiger partial charge in [0, 0.05) is 11.3 Å². The van der Waals surface area contributed by atoms with E-state index in [0.29, 0.717) is 0 Å². The van der Waals surface area contributed by atoms with Crippen LogP contribution in [0.25, 0.3) is 0 Å². The fraction of sp³-hybridized carbons (Fsp3) is 0.875. The first-order valence-corrected chi connectivity index (χ1v) is 13.5. The first-order valence-electron chi connectivity index (χ1n) is 12.1. The molecule has 32 heavy (non-hydrogen) atoms. The van der Waals surface area contributed by atoms with Crippen LogP contribution >= 0.6 is 7.82 Å². The van der Waals surface area contributed by atoms with Crippen LogP contribution in [0.1, 0.15) is 80.1 Å². The van der Waals surface area contributed by atoms with Crippen molar-refractivity contribution in [3.63, 3.8) is 0 Å². The van der Waals surface area contributed by atoms with Gasteiger partial charge in [0.05, 0.1) is 25.9 Å². The van der Waals surface area contributed by atoms with Gasteiger partial charge in [-0.05, 0) is 64.9 Å². The van der Waals surface area contributed by atoms with Gasteiger partial charge in [-0.2, -0.15) is 0 Å². The number of ether oxygens (including phenoxy) is 2. The molecule has 8 heteroatoms. The van der Waals surface area contributed by atoms with E-state index in [0.717, 1.165) is 50.4 Å². The molecule has 0 unspecified atom stereocenters. The summed E-state index contributed by atoms with van der Waals surface area (Å²) in [6, 6.07) is 0. The van der Waals surface area contributed by atoms with Crippen LogP contribution < -0.4 is 0 Å². The summed E-state index contributed by atoms with van der Waals surface area (Å²) >= 11 is 0. The monoisotopic (exact) mass is 472 g/mol. The van der Waals surface area contributed by atoms with Crippen LogP contribution in [0.15, 0.2) is 11.6 Å². The number of phosphoric ester groups is 1. The van der Waals surface area contributed by atoms with Gasteiger partial charge in [0.15, 0.2) is 5.79 Å². The molecule has 0 radical (unpaired) electrons. The van der Waals surface area contributed by atoms with Crippen molar-refractivity contribution in [1.82, 2.24) is 0 Å². The summed E-state index contributed by atoms with van der Waals surface area (Å²) in [5.74, 6) is -0.547. The number of phosphoric acid groups is 1. The standard InChI is InChI=1S/C24H41O7P/c1-7-27-32(26,28-8-2)29-17-18-13-14-24(22(3,4)15-18)21(30-23(5,6)31-24)20-12-10-9-11-19(20)16-25/h15-16,19-21H,7-14,17H2,1-6H3/t19-,20+,21-,24+/m0/s1. The van der Waals surface area contributed by atoms with Crippen molar-refractivity contribution in [2.75, 3.05) is 19.8 Å². The van der Waals surface area contributed by atoms with Gasteiger partial charge in [0.1, 0.15) is 11.9 Å². The lowest BCUT2D eigenvalue weighted by molar-refractivity contribution is -0.183. The summed E-state index contributed by atoms with van der Waals surface area (Å²) in [4.78, 5) is 11.9. The van der Waals surface area contributed by atoms with Crippen LogP contribution in [0.4, 0.5) is 0 Å². The maximum atomic E-state index is 12.7. The van der Waals surface area contributed by atoms with Crippen molar-refractivity contribution < 1.29 is 32.4 Å². The van der Waals surface area contributed by atoms with E-state index < -0.39 is 19.2 Å². The highest BCUT2D eigenvalue weighted by molar-refractivity contribution is 7.48. The number of aldehydes is 1. The minimum atomic E-state index is -3.56. The average Bonchev–Trinajstić information content (AvgIpc) is 3.01. The molecule has 0 N–H and O–H groups in total. The second kappa shape index (κ2) is 9.97. The van der Waals surface area contributed by atoms with Crippen molar-refractivity contribution in [3.8, 4) is 0 Å². The van der Waals surface area contributed by atoms with E-state index >= 15 is 0 Å². The lowest BCUT2D eigenvalue weighted by atomic mass is 9.60. The SMILES string of the molecule is CCOP(=O)(OCC)OCC1=CC(C)(C)[C@]2(CC1)OC(C)(C)O[C@H]2[C@@H]1CCCC[C@H]1C=O. The van der Waals surface area contributed by atoms with E-state index in [1.807, 2.05) is 13.8 Å². The second-order valence-corrected chi connectivity index (χ2v) is 11.9. The highest BCUT2D eigenvalue weighted by atomic mass is 31.2. The minimum Gasteiger partial charge on any atom is -0.344 e. The fourth-order valence-corrected chi connectivity index (χ4v) is 7.04. The molecule has 2 aliphatic carbocycles. The van der Waals surface area contributed by atoms with Gasteiger partial charge in [0.25, 0.3) is 0 Å². The molecule has 0 amide bonds. The molecule has 3 aliphatic rings. The Labute approximate surface area is 193 Å². The molecule has 3 rings (SSSR count). The summed E-state index contributed by atoms with van der Waals surface area (Å²) < 4.78 is 42.1. The van der Waals surface area contributed by atoms with Crippen molar-refractivity contribution >= 4 is 14.1 Å². The Bertz CT molecular complexity index is 737. The quantitative estimate of drug-likeness (QED) is 0.237. The van der Waals surface area contributed by atoms with Crippen molar-refractivity contribution in [2.45, 2.75) is 97.6 Å². The van der Waals surface area contributed by atoms with Gasteiger partial charge in [-0.1, -0.05) is 32.8 Å². The van der Waals surface area contributed by atoms with E-state index in [4.69, 9.17) is 23.0 Å². The average molecular weight is 473 g/mol. The Balaban J connectivity index is 1.85. The zero-order valence-electron chi connectivity index (χ0n) is 20.6. The molecule has 1 spiro atoms. The summed E-state index contributed by atoms with van der Waals surface area (Å²) in [5, 5.41) is 0. The number of hydrogen-bond donors (Lipinski definition) is 0. The Morgan fingerprint density at radius 2 is 1.75 bits per heavy atom. The number of carbonyl (C=O) groups is 1. The predicted octanol–water partition coefficient (Wildman–Crippen LogP) is 5.83. The Morgan fingerprint density at radius 3 is 2.34 bits per heavy atom. The molecule has 1 aliphatic heterocycles. The molecule has 0 aromatic rings. The molecule has 0 aromatic carbocycles. The van der Waals surface area contributed by atoms with Crippen molar-refractivity contribution in [2.24, 2.45) is 17.3 Å². The van der Waals surface area contributed by atoms with Crippen LogP contribution in [-0.2, 0) is 32.4 Å². The molecule has 7 nitrogen and oxygen atoms in total. The number of carbonyl (C=O) groups excluding carboxylic acids is 1. The van der Waals surface area contributed by atoms with E-state index in [-0.39, 0.29) is 43.2 Å². The molecule has 184 valence electrons. The highest BCUT2D eigenvalue weighted by Gasteiger charge is 2.63. The van der Waals surface area contributed by atoms with Crippen LogP contribution in [0.3, 0.4) is 0 Å². The third-order valence-electron chi connectivity index (χ3n) is 7.19. The van der Waals surface area contributed by atoms with Crippen LogP contribution in [0, 0.1) is 17.3 Å². The van der Waals surface area contributed by atoms with Gasteiger partial charge in [0.2, 0.25) is 0 Å². The van der Waals surface area contributed by atoms with E-state index in [2.05, 4.69) is 19.9 Å².